The van der Waals surface area contributed by atoms with Gasteiger partial charge in [0.25, 0.3) is 11.6 Å². The van der Waals surface area contributed by atoms with Crippen LogP contribution in [0.1, 0.15) is 5.56 Å². The zero-order chi connectivity index (χ0) is 23.1. The third kappa shape index (κ3) is 5.42. The van der Waals surface area contributed by atoms with Crippen LogP contribution in [-0.4, -0.2) is 33.7 Å². The van der Waals surface area contributed by atoms with E-state index in [1.165, 1.54) is 0 Å². The lowest BCUT2D eigenvalue weighted by molar-refractivity contribution is -0.394. The number of carbonyl (C=O) groups excluding carboxylic acids is 1. The molecule has 0 saturated carbocycles. The summed E-state index contributed by atoms with van der Waals surface area (Å²) in [6.07, 6.45) is 0.863. The molecular formula is C21H16N4O7. The molecule has 0 fully saturated rings. The molecule has 32 heavy (non-hydrogen) atoms. The highest BCUT2D eigenvalue weighted by Gasteiger charge is 2.23. The largest absolute Gasteiger partial charge is 0.502 e. The number of nitrogens with zero attached hydrogens (tertiary/aromatic N) is 3. The molecule has 3 aromatic rings. The Morgan fingerprint density at radius 3 is 2.28 bits per heavy atom. The summed E-state index contributed by atoms with van der Waals surface area (Å²) in [5, 5.41) is 35.3. The van der Waals surface area contributed by atoms with Crippen LogP contribution in [0, 0.1) is 20.2 Å². The van der Waals surface area contributed by atoms with Crippen molar-refractivity contribution in [1.29, 1.82) is 0 Å². The van der Waals surface area contributed by atoms with Gasteiger partial charge in [0.05, 0.1) is 27.7 Å². The molecule has 0 aromatic heterocycles. The van der Waals surface area contributed by atoms with Gasteiger partial charge in [-0.05, 0) is 23.3 Å². The number of hydrogen-bond donors (Lipinski definition) is 2. The summed E-state index contributed by atoms with van der Waals surface area (Å²) < 4.78 is 5.37. The summed E-state index contributed by atoms with van der Waals surface area (Å²) in [4.78, 5) is 31.9. The molecule has 11 heteroatoms. The minimum atomic E-state index is -0.963. The topological polar surface area (TPSA) is 157 Å². The number of hydrazone groups is 1. The van der Waals surface area contributed by atoms with Crippen molar-refractivity contribution in [2.24, 2.45) is 5.10 Å². The number of ether oxygens (including phenoxy) is 1. The summed E-state index contributed by atoms with van der Waals surface area (Å²) >= 11 is 0. The fourth-order valence-corrected chi connectivity index (χ4v) is 2.70. The molecule has 0 bridgehead atoms. The quantitative estimate of drug-likeness (QED) is 0.311. The van der Waals surface area contributed by atoms with Crippen LogP contribution in [0.3, 0.4) is 0 Å². The number of hydrogen-bond acceptors (Lipinski definition) is 8. The Bertz CT molecular complexity index is 1180. The predicted octanol–water partition coefficient (Wildman–Crippen LogP) is 3.40. The molecule has 2 N–H and O–H groups in total. The van der Waals surface area contributed by atoms with Crippen LogP contribution in [0.15, 0.2) is 71.8 Å². The van der Waals surface area contributed by atoms with E-state index in [1.54, 1.807) is 12.1 Å². The van der Waals surface area contributed by atoms with Crippen molar-refractivity contribution >= 4 is 23.5 Å². The summed E-state index contributed by atoms with van der Waals surface area (Å²) in [5.74, 6) is -1.00. The molecule has 0 spiro atoms. The minimum absolute atomic E-state index is 0.302. The molecule has 0 heterocycles. The number of non-ortho nitro benzene ring substituents is 1. The number of nitrogens with one attached hydrogen (secondary N) is 1. The number of nitro benzene ring substituents is 2. The molecule has 0 unspecified atom stereocenters. The summed E-state index contributed by atoms with van der Waals surface area (Å²) in [5.41, 5.74) is 2.38. The SMILES string of the molecule is O=C(COc1ccc(-c2ccccc2)cc1)N/N=C/c1cc([N+](=O)[O-])cc([N+](=O)[O-])c1O. The van der Waals surface area contributed by atoms with Crippen LogP contribution in [0.25, 0.3) is 11.1 Å². The highest BCUT2D eigenvalue weighted by molar-refractivity contribution is 5.88. The van der Waals surface area contributed by atoms with Crippen molar-refractivity contribution in [3.63, 3.8) is 0 Å². The Labute approximate surface area is 180 Å². The van der Waals surface area contributed by atoms with E-state index in [9.17, 15) is 30.1 Å². The first kappa shape index (κ1) is 21.9. The average molecular weight is 436 g/mol. The van der Waals surface area contributed by atoms with Crippen molar-refractivity contribution in [1.82, 2.24) is 5.43 Å². The molecule has 0 saturated heterocycles. The Balaban J connectivity index is 1.59. The van der Waals surface area contributed by atoms with Crippen LogP contribution in [0.2, 0.25) is 0 Å². The number of carbonyl (C=O) groups is 1. The van der Waals surface area contributed by atoms with E-state index in [1.807, 2.05) is 42.5 Å². The number of amides is 1. The van der Waals surface area contributed by atoms with Gasteiger partial charge in [0.1, 0.15) is 5.75 Å². The summed E-state index contributed by atoms with van der Waals surface area (Å²) in [6, 6.07) is 18.3. The van der Waals surface area contributed by atoms with E-state index in [0.29, 0.717) is 11.8 Å². The molecule has 0 aliphatic rings. The maximum absolute atomic E-state index is 11.9. The lowest BCUT2D eigenvalue weighted by atomic mass is 10.1. The number of phenols is 1. The van der Waals surface area contributed by atoms with Gasteiger partial charge >= 0.3 is 5.69 Å². The van der Waals surface area contributed by atoms with Gasteiger partial charge in [-0.15, -0.1) is 0 Å². The number of nitro groups is 2. The number of rotatable bonds is 8. The number of benzene rings is 3. The van der Waals surface area contributed by atoms with E-state index >= 15 is 0 Å². The third-order valence-corrected chi connectivity index (χ3v) is 4.24. The van der Waals surface area contributed by atoms with Gasteiger partial charge in [-0.25, -0.2) is 5.43 Å². The second-order valence-electron chi connectivity index (χ2n) is 6.39. The first-order valence-corrected chi connectivity index (χ1v) is 9.11. The first-order chi connectivity index (χ1) is 15.3. The summed E-state index contributed by atoms with van der Waals surface area (Å²) in [6.45, 7) is -0.372. The molecule has 3 rings (SSSR count). The van der Waals surface area contributed by atoms with Crippen molar-refractivity contribution in [3.8, 4) is 22.6 Å². The van der Waals surface area contributed by atoms with Crippen molar-refractivity contribution < 1.29 is 24.5 Å². The highest BCUT2D eigenvalue weighted by Crippen LogP contribution is 2.33. The van der Waals surface area contributed by atoms with E-state index in [0.717, 1.165) is 23.4 Å². The van der Waals surface area contributed by atoms with Gasteiger partial charge in [-0.3, -0.25) is 25.0 Å². The number of aromatic hydroxyl groups is 1. The molecule has 0 aliphatic carbocycles. The molecule has 0 aliphatic heterocycles. The van der Waals surface area contributed by atoms with Crippen molar-refractivity contribution in [2.75, 3.05) is 6.61 Å². The second-order valence-corrected chi connectivity index (χ2v) is 6.39. The van der Waals surface area contributed by atoms with E-state index < -0.39 is 32.9 Å². The highest BCUT2D eigenvalue weighted by atomic mass is 16.6. The maximum atomic E-state index is 11.9. The van der Waals surface area contributed by atoms with Gasteiger partial charge in [0.2, 0.25) is 5.75 Å². The lowest BCUT2D eigenvalue weighted by Gasteiger charge is -2.07. The lowest BCUT2D eigenvalue weighted by Crippen LogP contribution is -2.24. The first-order valence-electron chi connectivity index (χ1n) is 9.11. The van der Waals surface area contributed by atoms with Gasteiger partial charge < -0.3 is 9.84 Å². The van der Waals surface area contributed by atoms with Crippen LogP contribution < -0.4 is 10.2 Å². The zero-order valence-corrected chi connectivity index (χ0v) is 16.4. The second kappa shape index (κ2) is 9.80. The summed E-state index contributed by atoms with van der Waals surface area (Å²) in [7, 11) is 0. The van der Waals surface area contributed by atoms with E-state index in [-0.39, 0.29) is 12.2 Å². The normalized spacial score (nSPS) is 10.6. The van der Waals surface area contributed by atoms with Crippen LogP contribution >= 0.6 is 0 Å². The zero-order valence-electron chi connectivity index (χ0n) is 16.4. The third-order valence-electron chi connectivity index (χ3n) is 4.24. The Hall–Kier alpha value is -4.80. The smallest absolute Gasteiger partial charge is 0.318 e. The van der Waals surface area contributed by atoms with Crippen molar-refractivity contribution in [3.05, 3.63) is 92.5 Å². The predicted molar refractivity (Wildman–Crippen MR) is 115 cm³/mol. The molecule has 11 nitrogen and oxygen atoms in total. The average Bonchev–Trinajstić information content (AvgIpc) is 2.79. The minimum Gasteiger partial charge on any atom is -0.502 e. The standard InChI is InChI=1S/C21H16N4O7/c26-20(13-32-18-8-6-15(7-9-18)14-4-2-1-3-5-14)23-22-12-16-10-17(24(28)29)11-19(21(16)27)25(30)31/h1-12,27H,13H2,(H,23,26)/b22-12+. The molecular weight excluding hydrogens is 420 g/mol. The molecule has 0 radical (unpaired) electrons. The Morgan fingerprint density at radius 2 is 1.66 bits per heavy atom. The van der Waals surface area contributed by atoms with E-state index in [2.05, 4.69) is 10.5 Å². The number of phenolic OH excluding ortho intramolecular Hbond substituents is 1. The Kier molecular flexibility index (Phi) is 6.71. The van der Waals surface area contributed by atoms with Gasteiger partial charge in [0.15, 0.2) is 6.61 Å². The molecule has 1 amide bonds. The molecule has 3 aromatic carbocycles. The fourth-order valence-electron chi connectivity index (χ4n) is 2.70. The van der Waals surface area contributed by atoms with Gasteiger partial charge in [-0.1, -0.05) is 42.5 Å². The van der Waals surface area contributed by atoms with Gasteiger partial charge in [-0.2, -0.15) is 5.10 Å². The van der Waals surface area contributed by atoms with Crippen molar-refractivity contribution in [2.45, 2.75) is 0 Å². The van der Waals surface area contributed by atoms with Crippen LogP contribution in [0.4, 0.5) is 11.4 Å². The monoisotopic (exact) mass is 436 g/mol. The van der Waals surface area contributed by atoms with Crippen LogP contribution in [0.5, 0.6) is 11.5 Å². The fraction of sp³-hybridized carbons (Fsp3) is 0.0476. The van der Waals surface area contributed by atoms with Gasteiger partial charge in [0, 0.05) is 6.07 Å². The Morgan fingerprint density at radius 1 is 1.00 bits per heavy atom. The maximum Gasteiger partial charge on any atom is 0.318 e. The molecule has 162 valence electrons. The van der Waals surface area contributed by atoms with Crippen LogP contribution in [-0.2, 0) is 4.79 Å². The molecule has 0 atom stereocenters. The van der Waals surface area contributed by atoms with E-state index in [4.69, 9.17) is 4.74 Å².